The van der Waals surface area contributed by atoms with Crippen LogP contribution in [0, 0.1) is 0 Å². The molecule has 1 aromatic carbocycles. The first-order valence-corrected chi connectivity index (χ1v) is 6.14. The molecule has 74 valence electrons. The molecule has 1 aromatic heterocycles. The third-order valence-corrected chi connectivity index (χ3v) is 3.43. The molecule has 0 radical (unpaired) electrons. The third-order valence-electron chi connectivity index (χ3n) is 2.30. The molecule has 14 heavy (non-hydrogen) atoms. The first-order valence-electron chi connectivity index (χ1n) is 4.55. The van der Waals surface area contributed by atoms with E-state index in [0.717, 1.165) is 8.95 Å². The van der Waals surface area contributed by atoms with Gasteiger partial charge in [0.25, 0.3) is 0 Å². The lowest BCUT2D eigenvalue weighted by Crippen LogP contribution is -1.97. The predicted molar refractivity (Wildman–Crippen MR) is 67.7 cm³/mol. The van der Waals surface area contributed by atoms with Crippen molar-refractivity contribution in [3.05, 3.63) is 33.3 Å². The topological polar surface area (TPSA) is 4.93 Å². The standard InChI is InChI=1S/C11H11Br2N/c1-7(2)14-6-10(13)9-4-3-8(12)5-11(9)14/h3-7H,1-2H3. The second kappa shape index (κ2) is 3.70. The molecule has 0 N–H and O–H groups in total. The van der Waals surface area contributed by atoms with Crippen molar-refractivity contribution in [3.63, 3.8) is 0 Å². The maximum atomic E-state index is 3.57. The monoisotopic (exact) mass is 315 g/mol. The highest BCUT2D eigenvalue weighted by atomic mass is 79.9. The number of rotatable bonds is 1. The quantitative estimate of drug-likeness (QED) is 0.715. The van der Waals surface area contributed by atoms with Gasteiger partial charge in [0.05, 0.1) is 5.52 Å². The van der Waals surface area contributed by atoms with Crippen LogP contribution in [0.5, 0.6) is 0 Å². The van der Waals surface area contributed by atoms with Gasteiger partial charge in [-0.25, -0.2) is 0 Å². The third kappa shape index (κ3) is 1.63. The molecule has 3 heteroatoms. The number of hydrogen-bond donors (Lipinski definition) is 0. The van der Waals surface area contributed by atoms with Crippen molar-refractivity contribution in [2.45, 2.75) is 19.9 Å². The molecular formula is C11H11Br2N. The summed E-state index contributed by atoms with van der Waals surface area (Å²) in [6.07, 6.45) is 2.14. The van der Waals surface area contributed by atoms with E-state index < -0.39 is 0 Å². The van der Waals surface area contributed by atoms with Gasteiger partial charge in [0, 0.05) is 26.6 Å². The van der Waals surface area contributed by atoms with E-state index in [2.05, 4.69) is 74.7 Å². The van der Waals surface area contributed by atoms with Crippen LogP contribution >= 0.6 is 31.9 Å². The van der Waals surface area contributed by atoms with Gasteiger partial charge in [-0.3, -0.25) is 0 Å². The van der Waals surface area contributed by atoms with E-state index in [4.69, 9.17) is 0 Å². The Morgan fingerprint density at radius 2 is 1.93 bits per heavy atom. The summed E-state index contributed by atoms with van der Waals surface area (Å²) in [5.74, 6) is 0. The maximum Gasteiger partial charge on any atom is 0.0505 e. The van der Waals surface area contributed by atoms with Gasteiger partial charge in [0.1, 0.15) is 0 Å². The highest BCUT2D eigenvalue weighted by Gasteiger charge is 2.08. The summed E-state index contributed by atoms with van der Waals surface area (Å²) in [5, 5.41) is 1.27. The van der Waals surface area contributed by atoms with Crippen LogP contribution < -0.4 is 0 Å². The summed E-state index contributed by atoms with van der Waals surface area (Å²) < 4.78 is 4.55. The van der Waals surface area contributed by atoms with E-state index in [1.54, 1.807) is 0 Å². The molecule has 0 amide bonds. The fraction of sp³-hybridized carbons (Fsp3) is 0.273. The minimum atomic E-state index is 0.484. The Balaban J connectivity index is 2.79. The zero-order valence-corrected chi connectivity index (χ0v) is 11.3. The van der Waals surface area contributed by atoms with Gasteiger partial charge in [-0.15, -0.1) is 0 Å². The number of halogens is 2. The van der Waals surface area contributed by atoms with Crippen molar-refractivity contribution in [3.8, 4) is 0 Å². The summed E-state index contributed by atoms with van der Waals surface area (Å²) in [7, 11) is 0. The first-order chi connectivity index (χ1) is 6.59. The molecule has 0 spiro atoms. The highest BCUT2D eigenvalue weighted by Crippen LogP contribution is 2.30. The molecule has 0 aliphatic carbocycles. The molecule has 2 rings (SSSR count). The van der Waals surface area contributed by atoms with Gasteiger partial charge >= 0.3 is 0 Å². The van der Waals surface area contributed by atoms with Gasteiger partial charge in [-0.1, -0.05) is 22.0 Å². The van der Waals surface area contributed by atoms with Gasteiger partial charge in [0.2, 0.25) is 0 Å². The second-order valence-electron chi connectivity index (χ2n) is 3.64. The maximum absolute atomic E-state index is 3.57. The lowest BCUT2D eigenvalue weighted by Gasteiger charge is -2.08. The van der Waals surface area contributed by atoms with E-state index in [1.165, 1.54) is 10.9 Å². The van der Waals surface area contributed by atoms with E-state index in [1.807, 2.05) is 0 Å². The average molecular weight is 317 g/mol. The molecule has 1 heterocycles. The second-order valence-corrected chi connectivity index (χ2v) is 5.41. The van der Waals surface area contributed by atoms with Crippen molar-refractivity contribution < 1.29 is 0 Å². The molecule has 0 unspecified atom stereocenters. The summed E-state index contributed by atoms with van der Waals surface area (Å²) in [4.78, 5) is 0. The number of aromatic nitrogens is 1. The lowest BCUT2D eigenvalue weighted by atomic mass is 10.2. The Kier molecular flexibility index (Phi) is 2.71. The van der Waals surface area contributed by atoms with Crippen molar-refractivity contribution in [2.75, 3.05) is 0 Å². The van der Waals surface area contributed by atoms with E-state index in [0.29, 0.717) is 6.04 Å². The summed E-state index contributed by atoms with van der Waals surface area (Å²) in [6, 6.07) is 6.83. The summed E-state index contributed by atoms with van der Waals surface area (Å²) in [5.41, 5.74) is 1.27. The van der Waals surface area contributed by atoms with Crippen LogP contribution in [0.15, 0.2) is 33.3 Å². The summed E-state index contributed by atoms with van der Waals surface area (Å²) >= 11 is 7.07. The Morgan fingerprint density at radius 3 is 2.57 bits per heavy atom. The fourth-order valence-electron chi connectivity index (χ4n) is 1.61. The average Bonchev–Trinajstić information content (AvgIpc) is 2.43. The van der Waals surface area contributed by atoms with Crippen LogP contribution in [0.1, 0.15) is 19.9 Å². The van der Waals surface area contributed by atoms with E-state index in [-0.39, 0.29) is 0 Å². The van der Waals surface area contributed by atoms with Crippen molar-refractivity contribution in [1.82, 2.24) is 4.57 Å². The fourth-order valence-corrected chi connectivity index (χ4v) is 2.51. The van der Waals surface area contributed by atoms with Gasteiger partial charge in [-0.05, 0) is 41.9 Å². The molecule has 0 saturated heterocycles. The van der Waals surface area contributed by atoms with Gasteiger partial charge < -0.3 is 4.57 Å². The normalized spacial score (nSPS) is 11.5. The van der Waals surface area contributed by atoms with Crippen LogP contribution in [0.2, 0.25) is 0 Å². The summed E-state index contributed by atoms with van der Waals surface area (Å²) in [6.45, 7) is 4.37. The molecule has 2 aromatic rings. The predicted octanol–water partition coefficient (Wildman–Crippen LogP) is 4.75. The van der Waals surface area contributed by atoms with Crippen molar-refractivity contribution >= 4 is 42.8 Å². The number of benzene rings is 1. The molecule has 0 saturated carbocycles. The van der Waals surface area contributed by atoms with Crippen molar-refractivity contribution in [2.24, 2.45) is 0 Å². The molecule has 0 atom stereocenters. The van der Waals surface area contributed by atoms with Crippen molar-refractivity contribution in [1.29, 1.82) is 0 Å². The number of nitrogens with zero attached hydrogens (tertiary/aromatic N) is 1. The van der Waals surface area contributed by atoms with Crippen LogP contribution in [0.3, 0.4) is 0 Å². The minimum Gasteiger partial charge on any atom is -0.344 e. The Labute approximate surface area is 100 Å². The molecule has 0 aliphatic heterocycles. The Morgan fingerprint density at radius 1 is 1.21 bits per heavy atom. The van der Waals surface area contributed by atoms with E-state index >= 15 is 0 Å². The van der Waals surface area contributed by atoms with Gasteiger partial charge in [0.15, 0.2) is 0 Å². The molecule has 0 fully saturated rings. The minimum absolute atomic E-state index is 0.484. The first kappa shape index (κ1) is 10.2. The highest BCUT2D eigenvalue weighted by molar-refractivity contribution is 9.11. The number of hydrogen-bond acceptors (Lipinski definition) is 0. The van der Waals surface area contributed by atoms with Crippen LogP contribution in [0.4, 0.5) is 0 Å². The molecule has 0 aliphatic rings. The number of fused-ring (bicyclic) bond motifs is 1. The zero-order valence-electron chi connectivity index (χ0n) is 8.09. The smallest absolute Gasteiger partial charge is 0.0505 e. The lowest BCUT2D eigenvalue weighted by molar-refractivity contribution is 0.622. The van der Waals surface area contributed by atoms with Crippen LogP contribution in [0.25, 0.3) is 10.9 Å². The molecule has 1 nitrogen and oxygen atoms in total. The Bertz CT molecular complexity index is 471. The molecular weight excluding hydrogens is 306 g/mol. The SMILES string of the molecule is CC(C)n1cc(Br)c2ccc(Br)cc21. The Hall–Kier alpha value is -0.280. The van der Waals surface area contributed by atoms with Crippen LogP contribution in [-0.2, 0) is 0 Å². The zero-order chi connectivity index (χ0) is 10.3. The molecule has 0 bridgehead atoms. The van der Waals surface area contributed by atoms with E-state index in [9.17, 15) is 0 Å². The largest absolute Gasteiger partial charge is 0.344 e. The van der Waals surface area contributed by atoms with Gasteiger partial charge in [-0.2, -0.15) is 0 Å². The van der Waals surface area contributed by atoms with Crippen LogP contribution in [-0.4, -0.2) is 4.57 Å².